The molecular formula is C27H26N2O6S. The molecule has 0 saturated heterocycles. The smallest absolute Gasteiger partial charge is 0.336 e. The second-order valence-corrected chi connectivity index (χ2v) is 9.45. The van der Waals surface area contributed by atoms with Gasteiger partial charge >= 0.3 is 11.9 Å². The zero-order valence-corrected chi connectivity index (χ0v) is 20.8. The predicted molar refractivity (Wildman–Crippen MR) is 139 cm³/mol. The van der Waals surface area contributed by atoms with Crippen molar-refractivity contribution in [2.75, 3.05) is 10.6 Å². The van der Waals surface area contributed by atoms with Crippen LogP contribution in [0.2, 0.25) is 0 Å². The molecule has 0 aliphatic carbocycles. The highest BCUT2D eigenvalue weighted by Crippen LogP contribution is 2.29. The Labute approximate surface area is 212 Å². The highest BCUT2D eigenvalue weighted by Gasteiger charge is 2.21. The zero-order chi connectivity index (χ0) is 26.4. The van der Waals surface area contributed by atoms with E-state index in [0.717, 1.165) is 27.8 Å². The number of nitrogens with one attached hydrogen (secondary N) is 2. The van der Waals surface area contributed by atoms with Crippen molar-refractivity contribution in [3.8, 4) is 0 Å². The summed E-state index contributed by atoms with van der Waals surface area (Å²) in [5, 5.41) is 23.8. The Morgan fingerprint density at radius 1 is 0.861 bits per heavy atom. The van der Waals surface area contributed by atoms with Gasteiger partial charge in [0, 0.05) is 16.3 Å². The van der Waals surface area contributed by atoms with Crippen molar-refractivity contribution >= 4 is 46.9 Å². The standard InChI is InChI=1S/C27H26N2O6S/c1-4-23(25(31)29-22-11-8-15(2)12-16(22)3)36-19-7-5-6-18(14-19)28-24(30)20-10-9-17(26(32)33)13-21(20)27(34)35/h5-14,23H,4H2,1-3H3,(H,28,30)(H,29,31)(H,32,33)(H,34,35). The van der Waals surface area contributed by atoms with E-state index >= 15 is 0 Å². The maximum absolute atomic E-state index is 12.9. The number of anilines is 2. The van der Waals surface area contributed by atoms with Gasteiger partial charge < -0.3 is 20.8 Å². The molecule has 0 bridgehead atoms. The summed E-state index contributed by atoms with van der Waals surface area (Å²) in [4.78, 5) is 49.2. The van der Waals surface area contributed by atoms with Crippen molar-refractivity contribution in [3.05, 3.63) is 88.5 Å². The van der Waals surface area contributed by atoms with Crippen molar-refractivity contribution in [2.24, 2.45) is 0 Å². The Balaban J connectivity index is 1.74. The van der Waals surface area contributed by atoms with E-state index in [9.17, 15) is 24.3 Å². The van der Waals surface area contributed by atoms with Gasteiger partial charge in [0.2, 0.25) is 5.91 Å². The minimum Gasteiger partial charge on any atom is -0.478 e. The summed E-state index contributed by atoms with van der Waals surface area (Å²) in [6.45, 7) is 5.84. The second-order valence-electron chi connectivity index (χ2n) is 8.17. The van der Waals surface area contributed by atoms with Gasteiger partial charge in [0.25, 0.3) is 5.91 Å². The number of benzene rings is 3. The third-order valence-electron chi connectivity index (χ3n) is 5.41. The summed E-state index contributed by atoms with van der Waals surface area (Å²) < 4.78 is 0. The summed E-state index contributed by atoms with van der Waals surface area (Å²) >= 11 is 1.35. The van der Waals surface area contributed by atoms with E-state index in [4.69, 9.17) is 5.11 Å². The van der Waals surface area contributed by atoms with Crippen LogP contribution >= 0.6 is 11.8 Å². The molecule has 3 aromatic carbocycles. The Morgan fingerprint density at radius 3 is 2.25 bits per heavy atom. The van der Waals surface area contributed by atoms with Crippen molar-refractivity contribution in [1.29, 1.82) is 0 Å². The van der Waals surface area contributed by atoms with E-state index in [2.05, 4.69) is 10.6 Å². The number of aromatic carboxylic acids is 2. The topological polar surface area (TPSA) is 133 Å². The Hall–Kier alpha value is -4.11. The van der Waals surface area contributed by atoms with Crippen LogP contribution in [-0.2, 0) is 4.79 Å². The number of aryl methyl sites for hydroxylation is 2. The van der Waals surface area contributed by atoms with Crippen LogP contribution in [-0.4, -0.2) is 39.2 Å². The molecule has 8 nitrogen and oxygen atoms in total. The number of rotatable bonds is 9. The van der Waals surface area contributed by atoms with Gasteiger partial charge in [0.05, 0.1) is 21.9 Å². The molecule has 1 atom stereocenters. The van der Waals surface area contributed by atoms with Gasteiger partial charge in [-0.1, -0.05) is 30.7 Å². The number of thioether (sulfide) groups is 1. The molecule has 0 fully saturated rings. The van der Waals surface area contributed by atoms with Crippen LogP contribution in [0.1, 0.15) is 55.5 Å². The molecule has 36 heavy (non-hydrogen) atoms. The predicted octanol–water partition coefficient (Wildman–Crippen LogP) is 5.46. The molecular weight excluding hydrogens is 480 g/mol. The molecule has 3 rings (SSSR count). The normalized spacial score (nSPS) is 11.4. The number of hydrogen-bond acceptors (Lipinski definition) is 5. The van der Waals surface area contributed by atoms with E-state index in [1.54, 1.807) is 18.2 Å². The average molecular weight is 507 g/mol. The van der Waals surface area contributed by atoms with E-state index in [-0.39, 0.29) is 22.3 Å². The van der Waals surface area contributed by atoms with E-state index < -0.39 is 23.4 Å². The van der Waals surface area contributed by atoms with Crippen LogP contribution in [0.25, 0.3) is 0 Å². The quantitative estimate of drug-likeness (QED) is 0.283. The monoisotopic (exact) mass is 506 g/mol. The van der Waals surface area contributed by atoms with Crippen molar-refractivity contribution in [3.63, 3.8) is 0 Å². The number of carboxylic acid groups (broad SMARTS) is 2. The zero-order valence-electron chi connectivity index (χ0n) is 20.0. The number of carboxylic acids is 2. The van der Waals surface area contributed by atoms with Gasteiger partial charge in [-0.15, -0.1) is 11.8 Å². The molecule has 0 heterocycles. The Kier molecular flexibility index (Phi) is 8.50. The molecule has 1 unspecified atom stereocenters. The van der Waals surface area contributed by atoms with Gasteiger partial charge in [0.1, 0.15) is 0 Å². The third kappa shape index (κ3) is 6.51. The van der Waals surface area contributed by atoms with Crippen LogP contribution in [0.3, 0.4) is 0 Å². The van der Waals surface area contributed by atoms with Crippen molar-refractivity contribution < 1.29 is 29.4 Å². The molecule has 0 radical (unpaired) electrons. The number of hydrogen-bond donors (Lipinski definition) is 4. The van der Waals surface area contributed by atoms with Crippen LogP contribution in [0.4, 0.5) is 11.4 Å². The lowest BCUT2D eigenvalue weighted by Gasteiger charge is -2.17. The fourth-order valence-corrected chi connectivity index (χ4v) is 4.56. The fraction of sp³-hybridized carbons (Fsp3) is 0.185. The summed E-state index contributed by atoms with van der Waals surface area (Å²) in [5.74, 6) is -3.52. The molecule has 4 N–H and O–H groups in total. The van der Waals surface area contributed by atoms with Crippen LogP contribution in [0.5, 0.6) is 0 Å². The lowest BCUT2D eigenvalue weighted by Crippen LogP contribution is -2.25. The largest absolute Gasteiger partial charge is 0.478 e. The van der Waals surface area contributed by atoms with Gasteiger partial charge in [-0.3, -0.25) is 9.59 Å². The maximum Gasteiger partial charge on any atom is 0.336 e. The average Bonchev–Trinajstić information content (AvgIpc) is 2.83. The number of carbonyl (C=O) groups is 4. The SMILES string of the molecule is CCC(Sc1cccc(NC(=O)c2ccc(C(=O)O)cc2C(=O)O)c1)C(=O)Nc1ccc(C)cc1C. The molecule has 0 aromatic heterocycles. The first-order chi connectivity index (χ1) is 17.1. The lowest BCUT2D eigenvalue weighted by molar-refractivity contribution is -0.115. The Bertz CT molecular complexity index is 1340. The lowest BCUT2D eigenvalue weighted by atomic mass is 10.0. The molecule has 0 aliphatic heterocycles. The van der Waals surface area contributed by atoms with E-state index in [1.165, 1.54) is 23.9 Å². The van der Waals surface area contributed by atoms with Gasteiger partial charge in [-0.25, -0.2) is 9.59 Å². The van der Waals surface area contributed by atoms with Gasteiger partial charge in [-0.05, 0) is 68.3 Å². The second kappa shape index (κ2) is 11.5. The first-order valence-electron chi connectivity index (χ1n) is 11.2. The summed E-state index contributed by atoms with van der Waals surface area (Å²) in [5.41, 5.74) is 2.45. The highest BCUT2D eigenvalue weighted by molar-refractivity contribution is 8.00. The molecule has 9 heteroatoms. The molecule has 0 saturated carbocycles. The van der Waals surface area contributed by atoms with Crippen LogP contribution in [0, 0.1) is 13.8 Å². The number of amides is 2. The summed E-state index contributed by atoms with van der Waals surface area (Å²) in [6.07, 6.45) is 0.579. The highest BCUT2D eigenvalue weighted by atomic mass is 32.2. The first-order valence-corrected chi connectivity index (χ1v) is 12.0. The molecule has 3 aromatic rings. The van der Waals surface area contributed by atoms with Crippen LogP contribution < -0.4 is 10.6 Å². The fourth-order valence-electron chi connectivity index (χ4n) is 3.55. The molecule has 0 spiro atoms. The first kappa shape index (κ1) is 26.5. The van der Waals surface area contributed by atoms with Gasteiger partial charge in [0.15, 0.2) is 0 Å². The minimum atomic E-state index is -1.41. The summed E-state index contributed by atoms with van der Waals surface area (Å²) in [6, 6.07) is 16.0. The molecule has 2 amide bonds. The molecule has 186 valence electrons. The third-order valence-corrected chi connectivity index (χ3v) is 6.77. The summed E-state index contributed by atoms with van der Waals surface area (Å²) in [7, 11) is 0. The Morgan fingerprint density at radius 2 is 1.61 bits per heavy atom. The minimum absolute atomic E-state index is 0.131. The van der Waals surface area contributed by atoms with E-state index in [0.29, 0.717) is 12.1 Å². The van der Waals surface area contributed by atoms with Crippen molar-refractivity contribution in [1.82, 2.24) is 0 Å². The van der Waals surface area contributed by atoms with Crippen LogP contribution in [0.15, 0.2) is 65.6 Å². The van der Waals surface area contributed by atoms with Crippen molar-refractivity contribution in [2.45, 2.75) is 37.3 Å². The van der Waals surface area contributed by atoms with Gasteiger partial charge in [-0.2, -0.15) is 0 Å². The number of carbonyl (C=O) groups excluding carboxylic acids is 2. The van der Waals surface area contributed by atoms with E-state index in [1.807, 2.05) is 45.0 Å². The maximum atomic E-state index is 12.9. The molecule has 0 aliphatic rings.